The summed E-state index contributed by atoms with van der Waals surface area (Å²) in [5, 5.41) is 26.4. The van der Waals surface area contributed by atoms with E-state index in [1.165, 1.54) is 12.0 Å². The number of hydrogen-bond donors (Lipinski definition) is 2. The first-order valence-electron chi connectivity index (χ1n) is 18.6. The number of amides is 1. The fourth-order valence-electron chi connectivity index (χ4n) is 8.62. The van der Waals surface area contributed by atoms with Crippen molar-refractivity contribution in [2.45, 2.75) is 62.7 Å². The van der Waals surface area contributed by atoms with Crippen LogP contribution in [0.1, 0.15) is 56.4 Å². The molecule has 10 nitrogen and oxygen atoms in total. The molecule has 0 aromatic heterocycles. The number of likely N-dealkylation sites (N-methyl/N-ethyl adjacent to an activating group) is 1. The van der Waals surface area contributed by atoms with Crippen LogP contribution in [0.2, 0.25) is 0 Å². The fourth-order valence-corrected chi connectivity index (χ4v) is 8.70. The summed E-state index contributed by atoms with van der Waals surface area (Å²) in [6, 6.07) is 19.5. The van der Waals surface area contributed by atoms with E-state index < -0.39 is 23.8 Å². The van der Waals surface area contributed by atoms with Crippen molar-refractivity contribution in [3.8, 4) is 17.2 Å². The van der Waals surface area contributed by atoms with Crippen LogP contribution in [0.15, 0.2) is 90.1 Å². The number of unbranched alkanes of at least 4 members (excludes halogenated alkanes) is 2. The van der Waals surface area contributed by atoms with E-state index in [2.05, 4.69) is 42.1 Å². The summed E-state index contributed by atoms with van der Waals surface area (Å²) in [6.07, 6.45) is 8.45. The lowest BCUT2D eigenvalue weighted by Gasteiger charge is -2.59. The van der Waals surface area contributed by atoms with Crippen molar-refractivity contribution in [1.82, 2.24) is 4.90 Å². The number of allylic oxidation sites excluding steroid dienone is 1. The van der Waals surface area contributed by atoms with Crippen LogP contribution in [0.4, 0.5) is 4.79 Å². The van der Waals surface area contributed by atoms with Crippen LogP contribution in [-0.2, 0) is 14.3 Å². The zero-order valence-corrected chi connectivity index (χ0v) is 31.4. The molecule has 0 spiro atoms. The second kappa shape index (κ2) is 17.8. The van der Waals surface area contributed by atoms with Gasteiger partial charge in [0.25, 0.3) is 0 Å². The van der Waals surface area contributed by atoms with Gasteiger partial charge in [-0.25, -0.2) is 4.79 Å². The van der Waals surface area contributed by atoms with Crippen molar-refractivity contribution >= 4 is 34.2 Å². The van der Waals surface area contributed by atoms with Crippen molar-refractivity contribution < 1.29 is 38.8 Å². The zero-order chi connectivity index (χ0) is 37.4. The van der Waals surface area contributed by atoms with E-state index in [0.717, 1.165) is 53.3 Å². The van der Waals surface area contributed by atoms with E-state index in [9.17, 15) is 15.0 Å². The van der Waals surface area contributed by atoms with E-state index in [1.807, 2.05) is 36.4 Å². The lowest BCUT2D eigenvalue weighted by Crippen LogP contribution is -2.69. The molecular formula is C42H51ClN2O8. The van der Waals surface area contributed by atoms with Gasteiger partial charge in [0.15, 0.2) is 0 Å². The first-order chi connectivity index (χ1) is 25.9. The van der Waals surface area contributed by atoms with E-state index in [-0.39, 0.29) is 56.5 Å². The summed E-state index contributed by atoms with van der Waals surface area (Å²) in [7, 11) is 3.21. The second-order valence-electron chi connectivity index (χ2n) is 14.0. The number of benzene rings is 3. The molecule has 0 radical (unpaired) electrons. The normalized spacial score (nSPS) is 25.1. The third-order valence-corrected chi connectivity index (χ3v) is 11.0. The zero-order valence-electron chi connectivity index (χ0n) is 30.6. The molecule has 0 saturated heterocycles. The number of oxime groups is 1. The monoisotopic (exact) mass is 746 g/mol. The van der Waals surface area contributed by atoms with E-state index >= 15 is 0 Å². The highest BCUT2D eigenvalue weighted by atomic mass is 35.5. The largest absolute Gasteiger partial charge is 0.459 e. The molecule has 0 bridgehead atoms. The van der Waals surface area contributed by atoms with Gasteiger partial charge < -0.3 is 38.9 Å². The predicted octanol–water partition coefficient (Wildman–Crippen LogP) is 8.20. The average molecular weight is 747 g/mol. The summed E-state index contributed by atoms with van der Waals surface area (Å²) < 4.78 is 26.1. The second-order valence-corrected chi connectivity index (χ2v) is 14.4. The van der Waals surface area contributed by atoms with Crippen LogP contribution < -0.4 is 9.47 Å². The van der Waals surface area contributed by atoms with Crippen molar-refractivity contribution in [1.29, 1.82) is 0 Å². The first kappa shape index (κ1) is 38.6. The van der Waals surface area contributed by atoms with Gasteiger partial charge in [-0.1, -0.05) is 60.5 Å². The van der Waals surface area contributed by atoms with Crippen molar-refractivity contribution in [3.05, 3.63) is 90.5 Å². The van der Waals surface area contributed by atoms with Gasteiger partial charge in [-0.2, -0.15) is 0 Å². The first-order valence-corrected chi connectivity index (χ1v) is 19.2. The number of carbonyl (C=O) groups excluding carboxylic acids is 1. The Bertz CT molecular complexity index is 1800. The molecule has 6 rings (SSSR count). The molecule has 3 aliphatic rings. The van der Waals surface area contributed by atoms with Gasteiger partial charge in [-0.05, 0) is 84.2 Å². The van der Waals surface area contributed by atoms with Crippen molar-refractivity contribution in [3.63, 3.8) is 0 Å². The summed E-state index contributed by atoms with van der Waals surface area (Å²) >= 11 is 5.91. The Hall–Kier alpha value is -4.09. The summed E-state index contributed by atoms with van der Waals surface area (Å²) in [4.78, 5) is 20.5. The number of hydrogen-bond acceptors (Lipinski definition) is 9. The highest BCUT2D eigenvalue weighted by Crippen LogP contribution is 2.62. The quantitative estimate of drug-likeness (QED) is 0.0614. The maximum atomic E-state index is 13.6. The summed E-state index contributed by atoms with van der Waals surface area (Å²) in [5.41, 5.74) is 2.64. The number of fused-ring (bicyclic) bond motifs is 3. The molecule has 11 heteroatoms. The molecule has 6 atom stereocenters. The SMILES string of the molecule is C=CCOC12Oc3ccc(Oc4ccc5ccccc5c4)cc3C3C(CCCCO)C(CCCCO)C=C(C(=NOC)CC1N(C)C(=O)OCCCl)C32. The number of aliphatic hydroxyl groups is 2. The number of aliphatic hydroxyl groups excluding tert-OH is 2. The standard InChI is InChI=1S/C42H51ClN2O8/c1-4-22-51-42-38(45(2)41(48)50-23-19-43)27-36(44-49-3)34-25-30(13-7-9-20-46)33(14-8-10-21-47)39(40(34)42)35-26-32(17-18-37(35)53-42)52-31-16-15-28-11-5-6-12-29(28)24-31/h4-6,11-12,15-18,24-26,30,33,38-40,46-47H,1,7-10,13-14,19-23,27H2,2-3H3. The maximum Gasteiger partial charge on any atom is 0.410 e. The number of rotatable bonds is 17. The van der Waals surface area contributed by atoms with Crippen molar-refractivity contribution in [2.75, 3.05) is 46.5 Å². The van der Waals surface area contributed by atoms with Gasteiger partial charge in [0, 0.05) is 38.2 Å². The van der Waals surface area contributed by atoms with Crippen LogP contribution in [0, 0.1) is 17.8 Å². The predicted molar refractivity (Wildman–Crippen MR) is 206 cm³/mol. The van der Waals surface area contributed by atoms with Crippen molar-refractivity contribution in [2.24, 2.45) is 22.9 Å². The Balaban J connectivity index is 1.53. The Morgan fingerprint density at radius 3 is 2.51 bits per heavy atom. The molecular weight excluding hydrogens is 696 g/mol. The fraction of sp³-hybridized carbons (Fsp3) is 0.476. The molecule has 6 unspecified atom stereocenters. The summed E-state index contributed by atoms with van der Waals surface area (Å²) in [5.74, 6) is 0.465. The van der Waals surface area contributed by atoms with Gasteiger partial charge in [0.2, 0.25) is 5.79 Å². The van der Waals surface area contributed by atoms with Gasteiger partial charge in [-0.15, -0.1) is 18.2 Å². The topological polar surface area (TPSA) is 119 Å². The van der Waals surface area contributed by atoms with Gasteiger partial charge >= 0.3 is 6.09 Å². The molecule has 3 aromatic carbocycles. The van der Waals surface area contributed by atoms with E-state index in [4.69, 9.17) is 35.4 Å². The van der Waals surface area contributed by atoms with E-state index in [0.29, 0.717) is 30.1 Å². The molecule has 2 N–H and O–H groups in total. The maximum absolute atomic E-state index is 13.6. The average Bonchev–Trinajstić information content (AvgIpc) is 3.17. The van der Waals surface area contributed by atoms with Crippen LogP contribution >= 0.6 is 11.6 Å². The molecule has 53 heavy (non-hydrogen) atoms. The summed E-state index contributed by atoms with van der Waals surface area (Å²) in [6.45, 7) is 4.41. The van der Waals surface area contributed by atoms with E-state index in [1.54, 1.807) is 13.1 Å². The molecule has 284 valence electrons. The third-order valence-electron chi connectivity index (χ3n) is 10.9. The molecule has 2 aliphatic carbocycles. The Labute approximate surface area is 316 Å². The van der Waals surface area contributed by atoms with Gasteiger partial charge in [0.05, 0.1) is 24.1 Å². The minimum absolute atomic E-state index is 0.0559. The molecule has 1 amide bonds. The number of halogens is 1. The highest BCUT2D eigenvalue weighted by Gasteiger charge is 2.65. The minimum atomic E-state index is -1.36. The molecule has 1 heterocycles. The number of nitrogens with zero attached hydrogens (tertiary/aromatic N) is 2. The van der Waals surface area contributed by atoms with Crippen LogP contribution in [0.3, 0.4) is 0 Å². The third kappa shape index (κ3) is 8.06. The van der Waals surface area contributed by atoms with Crippen LogP contribution in [0.5, 0.6) is 17.2 Å². The van der Waals surface area contributed by atoms with Crippen LogP contribution in [0.25, 0.3) is 10.8 Å². The Morgan fingerprint density at radius 2 is 1.77 bits per heavy atom. The number of carbonyl (C=O) groups is 1. The number of ether oxygens (including phenoxy) is 4. The number of alkyl halides is 1. The van der Waals surface area contributed by atoms with Crippen LogP contribution in [-0.4, -0.2) is 85.2 Å². The van der Waals surface area contributed by atoms with Gasteiger partial charge in [0.1, 0.15) is 37.0 Å². The molecule has 1 saturated carbocycles. The Morgan fingerprint density at radius 1 is 1.04 bits per heavy atom. The minimum Gasteiger partial charge on any atom is -0.459 e. The van der Waals surface area contributed by atoms with Gasteiger partial charge in [-0.3, -0.25) is 0 Å². The lowest BCUT2D eigenvalue weighted by molar-refractivity contribution is -0.253. The smallest absolute Gasteiger partial charge is 0.410 e. The molecule has 1 aliphatic heterocycles. The highest BCUT2D eigenvalue weighted by molar-refractivity contribution is 6.18. The Kier molecular flexibility index (Phi) is 13.0. The molecule has 1 fully saturated rings. The lowest BCUT2D eigenvalue weighted by atomic mass is 9.55. The molecule has 3 aromatic rings.